The molecule has 6 aromatic rings. The van der Waals surface area contributed by atoms with Crippen molar-refractivity contribution in [3.63, 3.8) is 0 Å². The van der Waals surface area contributed by atoms with E-state index in [-0.39, 0.29) is 0 Å². The summed E-state index contributed by atoms with van der Waals surface area (Å²) in [4.78, 5) is 14.6. The van der Waals surface area contributed by atoms with Gasteiger partial charge in [-0.2, -0.15) is 0 Å². The van der Waals surface area contributed by atoms with Crippen molar-refractivity contribution in [3.05, 3.63) is 65.5 Å². The summed E-state index contributed by atoms with van der Waals surface area (Å²) < 4.78 is 6.43. The first-order valence-corrected chi connectivity index (χ1v) is 13.2. The maximum absolute atomic E-state index is 5.01. The number of hydrogen-bond donors (Lipinski definition) is 0. The third-order valence-corrected chi connectivity index (χ3v) is 7.00. The number of fused-ring (bicyclic) bond motifs is 3. The van der Waals surface area contributed by atoms with Crippen molar-refractivity contribution >= 4 is 33.1 Å². The number of nitrogens with zero attached hydrogens (tertiary/aromatic N) is 6. The summed E-state index contributed by atoms with van der Waals surface area (Å²) in [6.07, 6.45) is 0. The van der Waals surface area contributed by atoms with Gasteiger partial charge in [0, 0.05) is 32.3 Å². The van der Waals surface area contributed by atoms with Crippen LogP contribution in [0.3, 0.4) is 0 Å². The molecule has 0 saturated heterocycles. The van der Waals surface area contributed by atoms with Gasteiger partial charge < -0.3 is 13.7 Å². The van der Waals surface area contributed by atoms with Crippen LogP contribution >= 0.6 is 0 Å². The molecule has 3 heterocycles. The normalized spacial score (nSPS) is 11.0. The van der Waals surface area contributed by atoms with Crippen molar-refractivity contribution < 1.29 is 0 Å². The Kier molecular flexibility index (Phi) is 7.21. The van der Waals surface area contributed by atoms with E-state index in [1.165, 1.54) is 11.1 Å². The topological polar surface area (TPSA) is 53.5 Å². The van der Waals surface area contributed by atoms with Crippen LogP contribution in [-0.2, 0) is 21.1 Å². The minimum absolute atomic E-state index is 0.934. The first kappa shape index (κ1) is 26.1. The predicted octanol–water partition coefficient (Wildman–Crippen LogP) is 7.66. The van der Waals surface area contributed by atoms with Crippen LogP contribution in [0.2, 0.25) is 0 Å². The number of rotatable bonds is 2. The van der Waals surface area contributed by atoms with Crippen molar-refractivity contribution in [2.45, 2.75) is 48.5 Å². The second-order valence-electron chi connectivity index (χ2n) is 9.04. The molecule has 3 aromatic heterocycles. The van der Waals surface area contributed by atoms with Crippen molar-refractivity contribution in [1.29, 1.82) is 0 Å². The lowest BCUT2D eigenvalue weighted by Crippen LogP contribution is -1.94. The molecule has 0 atom stereocenters. The Hall–Kier alpha value is -3.93. The molecule has 192 valence electrons. The van der Waals surface area contributed by atoms with Crippen LogP contribution in [-0.4, -0.2) is 28.7 Å². The smallest absolute Gasteiger partial charge is 0.140 e. The van der Waals surface area contributed by atoms with Gasteiger partial charge >= 0.3 is 0 Å². The Morgan fingerprint density at radius 1 is 0.486 bits per heavy atom. The fourth-order valence-corrected chi connectivity index (χ4v) is 4.76. The molecule has 0 radical (unpaired) electrons. The van der Waals surface area contributed by atoms with Gasteiger partial charge in [0.1, 0.15) is 17.5 Å². The lowest BCUT2D eigenvalue weighted by molar-refractivity contribution is 0.886. The van der Waals surface area contributed by atoms with E-state index < -0.39 is 0 Å². The molecule has 0 aliphatic rings. The van der Waals surface area contributed by atoms with Crippen LogP contribution in [0.1, 0.15) is 44.6 Å². The van der Waals surface area contributed by atoms with Crippen LogP contribution in [0.15, 0.2) is 48.5 Å². The zero-order valence-corrected chi connectivity index (χ0v) is 23.8. The Bertz CT molecular complexity index is 1730. The van der Waals surface area contributed by atoms with E-state index in [4.69, 9.17) is 15.0 Å². The van der Waals surface area contributed by atoms with Crippen LogP contribution in [0.25, 0.3) is 55.9 Å². The summed E-state index contributed by atoms with van der Waals surface area (Å²) >= 11 is 0. The van der Waals surface area contributed by atoms with Gasteiger partial charge in [0.25, 0.3) is 0 Å². The Morgan fingerprint density at radius 2 is 0.919 bits per heavy atom. The maximum atomic E-state index is 5.01. The van der Waals surface area contributed by atoms with Crippen molar-refractivity contribution in [3.8, 4) is 22.8 Å². The fraction of sp³-hybridized carbons (Fsp3) is 0.323. The molecular weight excluding hydrogens is 456 g/mol. The number of benzene rings is 3. The molecule has 3 aromatic carbocycles. The van der Waals surface area contributed by atoms with Crippen molar-refractivity contribution in [2.24, 2.45) is 21.1 Å². The highest BCUT2D eigenvalue weighted by Crippen LogP contribution is 2.31. The molecule has 0 aliphatic heterocycles. The molecule has 0 N–H and O–H groups in total. The average Bonchev–Trinajstić information content (AvgIpc) is 3.52. The lowest BCUT2D eigenvalue weighted by Gasteiger charge is -2.04. The fourth-order valence-electron chi connectivity index (χ4n) is 4.76. The van der Waals surface area contributed by atoms with Gasteiger partial charge in [0.05, 0.1) is 33.1 Å². The molecular formula is C31H38N6. The van der Waals surface area contributed by atoms with Gasteiger partial charge in [-0.3, -0.25) is 0 Å². The highest BCUT2D eigenvalue weighted by molar-refractivity contribution is 5.88. The molecule has 0 fully saturated rings. The number of aryl methyl sites for hydroxylation is 6. The van der Waals surface area contributed by atoms with Gasteiger partial charge in [0.15, 0.2) is 0 Å². The molecule has 6 rings (SSSR count). The molecule has 0 saturated carbocycles. The first-order chi connectivity index (χ1) is 17.8. The summed E-state index contributed by atoms with van der Waals surface area (Å²) in [6, 6.07) is 17.2. The van der Waals surface area contributed by atoms with Crippen molar-refractivity contribution in [1.82, 2.24) is 28.7 Å². The summed E-state index contributed by atoms with van der Waals surface area (Å²) in [5.74, 6) is 2.89. The minimum Gasteiger partial charge on any atom is -0.331 e. The van der Waals surface area contributed by atoms with Crippen LogP contribution in [0.4, 0.5) is 0 Å². The summed E-state index contributed by atoms with van der Waals surface area (Å²) in [5, 5.41) is 0. The van der Waals surface area contributed by atoms with Crippen LogP contribution in [0.5, 0.6) is 0 Å². The monoisotopic (exact) mass is 494 g/mol. The van der Waals surface area contributed by atoms with Crippen LogP contribution < -0.4 is 0 Å². The largest absolute Gasteiger partial charge is 0.331 e. The van der Waals surface area contributed by atoms with Crippen molar-refractivity contribution in [2.75, 3.05) is 0 Å². The Morgan fingerprint density at radius 3 is 1.49 bits per heavy atom. The van der Waals surface area contributed by atoms with E-state index in [9.17, 15) is 0 Å². The third kappa shape index (κ3) is 4.31. The van der Waals surface area contributed by atoms with Crippen LogP contribution in [0, 0.1) is 20.8 Å². The molecule has 0 aliphatic carbocycles. The predicted molar refractivity (Wildman–Crippen MR) is 157 cm³/mol. The SMILES string of the molecule is CC.CC.Cc1cc2nc(-c3ccc4c(c3)nc(-c3ccc5c(c3)nc(C)n5C)n4C)n(C)c2cc1C. The summed E-state index contributed by atoms with van der Waals surface area (Å²) in [7, 11) is 6.20. The number of imidazole rings is 3. The zero-order valence-electron chi connectivity index (χ0n) is 23.8. The van der Waals surface area contributed by atoms with Gasteiger partial charge in [-0.25, -0.2) is 15.0 Å². The minimum atomic E-state index is 0.934. The van der Waals surface area contributed by atoms with Gasteiger partial charge in [-0.05, 0) is 80.4 Å². The molecule has 6 heteroatoms. The molecule has 37 heavy (non-hydrogen) atoms. The van der Waals surface area contributed by atoms with E-state index in [2.05, 4.69) is 90.2 Å². The van der Waals surface area contributed by atoms with E-state index in [0.29, 0.717) is 0 Å². The standard InChI is InChI=1S/C27H26N6.2C2H6/c1-15-11-20-25(12-16(15)2)33(6)27(29-20)19-8-10-24-22(14-19)30-26(32(24)5)18-7-9-23-21(13-18)28-17(3)31(23)4;2*1-2/h7-14H,1-6H3;2*1-2H3. The lowest BCUT2D eigenvalue weighted by atomic mass is 10.1. The Balaban J connectivity index is 0.000000765. The summed E-state index contributed by atoms with van der Waals surface area (Å²) in [5.41, 5.74) is 11.0. The average molecular weight is 495 g/mol. The van der Waals surface area contributed by atoms with E-state index in [0.717, 1.165) is 61.7 Å². The highest BCUT2D eigenvalue weighted by Gasteiger charge is 2.16. The second kappa shape index (κ2) is 10.2. The van der Waals surface area contributed by atoms with Gasteiger partial charge in [-0.1, -0.05) is 27.7 Å². The number of aromatic nitrogens is 6. The second-order valence-corrected chi connectivity index (χ2v) is 9.04. The van der Waals surface area contributed by atoms with Gasteiger partial charge in [0.2, 0.25) is 0 Å². The molecule has 0 bridgehead atoms. The molecule has 0 spiro atoms. The first-order valence-electron chi connectivity index (χ1n) is 13.2. The maximum Gasteiger partial charge on any atom is 0.140 e. The summed E-state index contributed by atoms with van der Waals surface area (Å²) in [6.45, 7) is 14.3. The zero-order chi connectivity index (χ0) is 27.0. The third-order valence-electron chi connectivity index (χ3n) is 7.00. The molecule has 0 unspecified atom stereocenters. The number of hydrogen-bond acceptors (Lipinski definition) is 3. The van der Waals surface area contributed by atoms with E-state index in [1.54, 1.807) is 0 Å². The van der Waals surface area contributed by atoms with Gasteiger partial charge in [-0.15, -0.1) is 0 Å². The van der Waals surface area contributed by atoms with E-state index >= 15 is 0 Å². The highest BCUT2D eigenvalue weighted by atomic mass is 15.1. The molecule has 6 nitrogen and oxygen atoms in total. The quantitative estimate of drug-likeness (QED) is 0.248. The molecule has 0 amide bonds. The van der Waals surface area contributed by atoms with E-state index in [1.807, 2.05) is 41.7 Å². The Labute approximate surface area is 219 Å².